The van der Waals surface area contributed by atoms with Crippen molar-refractivity contribution in [2.45, 2.75) is 31.2 Å². The van der Waals surface area contributed by atoms with Crippen LogP contribution in [0.2, 0.25) is 0 Å². The van der Waals surface area contributed by atoms with Crippen LogP contribution in [0.5, 0.6) is 0 Å². The standard InChI is InChI=1S/C15H17F7N2.2ClH/c16-10-1-2-12(15(20,21)22)11(9-10)13(3-4-14(17,18)19)24-7-5-23-6-8-24;;/h1-2,9,13,23H,3-8H2;2*1H/t13-;;/m1../s1. The first kappa shape index (κ1) is 25.2. The minimum Gasteiger partial charge on any atom is -0.314 e. The summed E-state index contributed by atoms with van der Waals surface area (Å²) in [6.45, 7) is 1.52. The highest BCUT2D eigenvalue weighted by atomic mass is 35.5. The summed E-state index contributed by atoms with van der Waals surface area (Å²) in [5, 5.41) is 2.99. The Labute approximate surface area is 158 Å². The maximum atomic E-state index is 13.5. The van der Waals surface area contributed by atoms with E-state index >= 15 is 0 Å². The third kappa shape index (κ3) is 7.09. The maximum absolute atomic E-state index is 13.5. The Kier molecular flexibility index (Phi) is 9.67. The van der Waals surface area contributed by atoms with Gasteiger partial charge < -0.3 is 5.32 Å². The van der Waals surface area contributed by atoms with Gasteiger partial charge in [-0.05, 0) is 30.2 Å². The van der Waals surface area contributed by atoms with Gasteiger partial charge in [-0.25, -0.2) is 4.39 Å². The number of alkyl halides is 6. The molecule has 0 amide bonds. The van der Waals surface area contributed by atoms with E-state index in [1.165, 1.54) is 0 Å². The summed E-state index contributed by atoms with van der Waals surface area (Å²) >= 11 is 0. The molecule has 0 saturated carbocycles. The Morgan fingerprint density at radius 2 is 1.58 bits per heavy atom. The number of halogens is 9. The van der Waals surface area contributed by atoms with Crippen LogP contribution in [0.3, 0.4) is 0 Å². The predicted octanol–water partition coefficient (Wildman–Crippen LogP) is 4.98. The van der Waals surface area contributed by atoms with Crippen molar-refractivity contribution >= 4 is 24.8 Å². The van der Waals surface area contributed by atoms with Crippen LogP contribution in [0.25, 0.3) is 0 Å². The van der Waals surface area contributed by atoms with E-state index in [0.29, 0.717) is 44.4 Å². The quantitative estimate of drug-likeness (QED) is 0.677. The molecule has 1 atom stereocenters. The predicted molar refractivity (Wildman–Crippen MR) is 88.4 cm³/mol. The molecule has 1 saturated heterocycles. The van der Waals surface area contributed by atoms with Crippen molar-refractivity contribution in [2.24, 2.45) is 0 Å². The van der Waals surface area contributed by atoms with Gasteiger partial charge in [-0.15, -0.1) is 24.8 Å². The highest BCUT2D eigenvalue weighted by molar-refractivity contribution is 5.85. The highest BCUT2D eigenvalue weighted by Gasteiger charge is 2.38. The molecule has 1 fully saturated rings. The molecule has 11 heteroatoms. The fraction of sp³-hybridized carbons (Fsp3) is 0.600. The lowest BCUT2D eigenvalue weighted by Gasteiger charge is -2.36. The molecule has 152 valence electrons. The van der Waals surface area contributed by atoms with Crippen LogP contribution < -0.4 is 5.32 Å². The third-order valence-electron chi connectivity index (χ3n) is 3.97. The number of nitrogens with zero attached hydrogens (tertiary/aromatic N) is 1. The van der Waals surface area contributed by atoms with Gasteiger partial charge in [0, 0.05) is 38.6 Å². The second-order valence-electron chi connectivity index (χ2n) is 5.68. The molecule has 1 aromatic rings. The first-order valence-corrected chi connectivity index (χ1v) is 7.46. The lowest BCUT2D eigenvalue weighted by atomic mass is 9.94. The molecule has 0 aliphatic carbocycles. The summed E-state index contributed by atoms with van der Waals surface area (Å²) in [6.07, 6.45) is -11.0. The van der Waals surface area contributed by atoms with Crippen LogP contribution in [-0.2, 0) is 6.18 Å². The van der Waals surface area contributed by atoms with Crippen LogP contribution in [0.1, 0.15) is 30.0 Å². The molecule has 26 heavy (non-hydrogen) atoms. The number of nitrogens with one attached hydrogen (secondary N) is 1. The Hall–Kier alpha value is -0.770. The molecular weight excluding hydrogens is 412 g/mol. The molecule has 0 aromatic heterocycles. The summed E-state index contributed by atoms with van der Waals surface area (Å²) in [5.41, 5.74) is -1.52. The highest BCUT2D eigenvalue weighted by Crippen LogP contribution is 2.39. The van der Waals surface area contributed by atoms with Gasteiger partial charge in [0.05, 0.1) is 5.56 Å². The van der Waals surface area contributed by atoms with Crippen LogP contribution in [0.15, 0.2) is 18.2 Å². The molecule has 0 unspecified atom stereocenters. The van der Waals surface area contributed by atoms with Crippen molar-refractivity contribution in [3.8, 4) is 0 Å². The van der Waals surface area contributed by atoms with Crippen LogP contribution in [0.4, 0.5) is 30.7 Å². The van der Waals surface area contributed by atoms with E-state index in [-0.39, 0.29) is 24.8 Å². The average Bonchev–Trinajstić information content (AvgIpc) is 2.46. The zero-order chi connectivity index (χ0) is 18.0. The smallest absolute Gasteiger partial charge is 0.314 e. The number of rotatable bonds is 4. The summed E-state index contributed by atoms with van der Waals surface area (Å²) in [7, 11) is 0. The lowest BCUT2D eigenvalue weighted by molar-refractivity contribution is -0.141. The van der Waals surface area contributed by atoms with Crippen LogP contribution in [0, 0.1) is 5.82 Å². The topological polar surface area (TPSA) is 15.3 Å². The molecular formula is C15H19Cl2F7N2. The van der Waals surface area contributed by atoms with E-state index in [1.54, 1.807) is 4.90 Å². The Balaban J connectivity index is 0.00000312. The first-order chi connectivity index (χ1) is 11.1. The first-order valence-electron chi connectivity index (χ1n) is 7.46. The summed E-state index contributed by atoms with van der Waals surface area (Å²) in [4.78, 5) is 1.55. The van der Waals surface area contributed by atoms with Crippen molar-refractivity contribution in [3.05, 3.63) is 35.1 Å². The lowest BCUT2D eigenvalue weighted by Crippen LogP contribution is -2.45. The Morgan fingerprint density at radius 3 is 2.08 bits per heavy atom. The van der Waals surface area contributed by atoms with Crippen LogP contribution in [-0.4, -0.2) is 37.3 Å². The summed E-state index contributed by atoms with van der Waals surface area (Å²) in [6, 6.07) is 0.825. The molecule has 0 radical (unpaired) electrons. The molecule has 1 N–H and O–H groups in total. The molecule has 2 rings (SSSR count). The monoisotopic (exact) mass is 430 g/mol. The van der Waals surface area contributed by atoms with E-state index < -0.39 is 48.2 Å². The van der Waals surface area contributed by atoms with Gasteiger partial charge in [-0.1, -0.05) is 0 Å². The van der Waals surface area contributed by atoms with Crippen molar-refractivity contribution in [3.63, 3.8) is 0 Å². The molecule has 1 aromatic carbocycles. The van der Waals surface area contributed by atoms with Gasteiger partial charge in [0.1, 0.15) is 5.82 Å². The largest absolute Gasteiger partial charge is 0.416 e. The van der Waals surface area contributed by atoms with Gasteiger partial charge in [0.2, 0.25) is 0 Å². The van der Waals surface area contributed by atoms with E-state index in [9.17, 15) is 30.7 Å². The van der Waals surface area contributed by atoms with E-state index in [1.807, 2.05) is 0 Å². The molecule has 1 aliphatic rings. The summed E-state index contributed by atoms with van der Waals surface area (Å²) < 4.78 is 90.9. The van der Waals surface area contributed by atoms with E-state index in [0.717, 1.165) is 0 Å². The van der Waals surface area contributed by atoms with Gasteiger partial charge in [-0.3, -0.25) is 4.90 Å². The normalized spacial score (nSPS) is 17.2. The molecule has 2 nitrogen and oxygen atoms in total. The number of piperazine rings is 1. The number of benzene rings is 1. The van der Waals surface area contributed by atoms with Crippen LogP contribution >= 0.6 is 24.8 Å². The second kappa shape index (κ2) is 9.96. The molecule has 0 spiro atoms. The fourth-order valence-electron chi connectivity index (χ4n) is 2.90. The van der Waals surface area contributed by atoms with Gasteiger partial charge in [0.25, 0.3) is 0 Å². The maximum Gasteiger partial charge on any atom is 0.416 e. The van der Waals surface area contributed by atoms with E-state index in [2.05, 4.69) is 5.32 Å². The van der Waals surface area contributed by atoms with Gasteiger partial charge in [0.15, 0.2) is 0 Å². The third-order valence-corrected chi connectivity index (χ3v) is 3.97. The number of hydrogen-bond donors (Lipinski definition) is 1. The van der Waals surface area contributed by atoms with Crippen molar-refractivity contribution in [2.75, 3.05) is 26.2 Å². The Morgan fingerprint density at radius 1 is 1.00 bits per heavy atom. The molecule has 1 heterocycles. The minimum absolute atomic E-state index is 0. The number of hydrogen-bond acceptors (Lipinski definition) is 2. The average molecular weight is 431 g/mol. The summed E-state index contributed by atoms with van der Waals surface area (Å²) in [5.74, 6) is -0.898. The molecule has 1 aliphatic heterocycles. The van der Waals surface area contributed by atoms with Gasteiger partial charge >= 0.3 is 12.4 Å². The Bertz CT molecular complexity index is 558. The van der Waals surface area contributed by atoms with E-state index in [4.69, 9.17) is 0 Å². The van der Waals surface area contributed by atoms with Crippen molar-refractivity contribution < 1.29 is 30.7 Å². The zero-order valence-corrected chi connectivity index (χ0v) is 15.1. The van der Waals surface area contributed by atoms with Gasteiger partial charge in [-0.2, -0.15) is 26.3 Å². The van der Waals surface area contributed by atoms with Crippen molar-refractivity contribution in [1.29, 1.82) is 0 Å². The SMILES string of the molecule is Cl.Cl.Fc1ccc(C(F)(F)F)c([C@@H](CCC(F)(F)F)N2CCNCC2)c1. The fourth-order valence-corrected chi connectivity index (χ4v) is 2.90. The van der Waals surface area contributed by atoms with Crippen molar-refractivity contribution in [1.82, 2.24) is 10.2 Å². The molecule has 0 bridgehead atoms. The zero-order valence-electron chi connectivity index (χ0n) is 13.5. The minimum atomic E-state index is -4.76. The second-order valence-corrected chi connectivity index (χ2v) is 5.68.